The summed E-state index contributed by atoms with van der Waals surface area (Å²) in [5.74, 6) is -2.32. The van der Waals surface area contributed by atoms with Crippen LogP contribution in [0.25, 0.3) is 11.5 Å². The summed E-state index contributed by atoms with van der Waals surface area (Å²) in [7, 11) is 0. The van der Waals surface area contributed by atoms with Gasteiger partial charge in [-0.1, -0.05) is 18.2 Å². The Kier molecular flexibility index (Phi) is 8.17. The van der Waals surface area contributed by atoms with Crippen LogP contribution in [0.4, 0.5) is 29.3 Å². The van der Waals surface area contributed by atoms with Crippen molar-refractivity contribution < 1.29 is 31.9 Å². The van der Waals surface area contributed by atoms with E-state index in [-0.39, 0.29) is 11.9 Å². The second kappa shape index (κ2) is 11.4. The fraction of sp³-hybridized carbons (Fsp3) is 0.393. The number of oxazole rings is 1. The molecule has 8 nitrogen and oxygen atoms in total. The van der Waals surface area contributed by atoms with Crippen molar-refractivity contribution in [2.75, 3.05) is 10.6 Å². The van der Waals surface area contributed by atoms with E-state index in [4.69, 9.17) is 14.9 Å². The standard InChI is InChI=1S/C28H31F3N4O4/c1-27(2,39-26(32)37)16-17-8-10-19(11-9-17)33-20-12-14-21(15-13-20)34-24(36)22-23(28(29,30)31)38-25(35-22)18-6-4-3-5-7-18/h3-7,12-15,17,19,33H,8-11,16H2,1-2H3,(H2,32,37)(H,34,36). The molecule has 1 aliphatic carbocycles. The lowest BCUT2D eigenvalue weighted by Gasteiger charge is -2.34. The minimum atomic E-state index is -4.88. The third kappa shape index (κ3) is 7.52. The second-order valence-electron chi connectivity index (χ2n) is 10.3. The molecule has 0 radical (unpaired) electrons. The molecule has 0 bridgehead atoms. The zero-order chi connectivity index (χ0) is 28.2. The van der Waals surface area contributed by atoms with Crippen molar-refractivity contribution in [3.8, 4) is 11.5 Å². The smallest absolute Gasteiger partial charge is 0.444 e. The molecular weight excluding hydrogens is 513 g/mol. The highest BCUT2D eigenvalue weighted by atomic mass is 19.4. The van der Waals surface area contributed by atoms with Crippen LogP contribution in [-0.4, -0.2) is 28.6 Å². The normalized spacial score (nSPS) is 17.9. The summed E-state index contributed by atoms with van der Waals surface area (Å²) < 4.78 is 50.8. The Bertz CT molecular complexity index is 1280. The molecule has 39 heavy (non-hydrogen) atoms. The molecule has 2 aromatic carbocycles. The average molecular weight is 545 g/mol. The summed E-state index contributed by atoms with van der Waals surface area (Å²) in [6.45, 7) is 3.72. The van der Waals surface area contributed by atoms with Crippen molar-refractivity contribution >= 4 is 23.4 Å². The van der Waals surface area contributed by atoms with Gasteiger partial charge in [-0.3, -0.25) is 4.79 Å². The molecule has 11 heteroatoms. The lowest BCUT2D eigenvalue weighted by atomic mass is 9.80. The van der Waals surface area contributed by atoms with Crippen molar-refractivity contribution in [3.05, 3.63) is 66.1 Å². The van der Waals surface area contributed by atoms with Gasteiger partial charge in [0.05, 0.1) is 0 Å². The van der Waals surface area contributed by atoms with Gasteiger partial charge in [0, 0.05) is 23.0 Å². The minimum absolute atomic E-state index is 0.253. The van der Waals surface area contributed by atoms with Crippen LogP contribution in [-0.2, 0) is 10.9 Å². The zero-order valence-corrected chi connectivity index (χ0v) is 21.7. The molecule has 0 saturated heterocycles. The number of ether oxygens (including phenoxy) is 1. The Labute approximate surface area is 224 Å². The van der Waals surface area contributed by atoms with Crippen LogP contribution in [0.2, 0.25) is 0 Å². The molecular formula is C28H31F3N4O4. The largest absolute Gasteiger partial charge is 0.452 e. The Morgan fingerprint density at radius 2 is 1.62 bits per heavy atom. The van der Waals surface area contributed by atoms with Crippen LogP contribution in [0.15, 0.2) is 59.0 Å². The highest BCUT2D eigenvalue weighted by molar-refractivity contribution is 6.04. The van der Waals surface area contributed by atoms with Gasteiger partial charge in [-0.05, 0) is 88.3 Å². The van der Waals surface area contributed by atoms with Gasteiger partial charge in [0.25, 0.3) is 5.91 Å². The molecule has 1 saturated carbocycles. The number of amides is 2. The number of anilines is 2. The zero-order valence-electron chi connectivity index (χ0n) is 21.7. The molecule has 1 aliphatic rings. The molecule has 0 atom stereocenters. The number of nitrogens with two attached hydrogens (primary N) is 1. The van der Waals surface area contributed by atoms with Crippen LogP contribution in [0.5, 0.6) is 0 Å². The van der Waals surface area contributed by atoms with E-state index in [1.807, 2.05) is 13.8 Å². The first kappa shape index (κ1) is 28.0. The predicted octanol–water partition coefficient (Wildman–Crippen LogP) is 6.85. The van der Waals surface area contributed by atoms with E-state index in [0.717, 1.165) is 37.8 Å². The lowest BCUT2D eigenvalue weighted by Crippen LogP contribution is -2.35. The summed E-state index contributed by atoms with van der Waals surface area (Å²) in [6, 6.07) is 15.1. The first-order chi connectivity index (χ1) is 18.4. The summed E-state index contributed by atoms with van der Waals surface area (Å²) >= 11 is 0. The summed E-state index contributed by atoms with van der Waals surface area (Å²) in [5.41, 5.74) is 5.21. The number of carbonyl (C=O) groups excluding carboxylic acids is 2. The van der Waals surface area contributed by atoms with Crippen LogP contribution < -0.4 is 16.4 Å². The SMILES string of the molecule is CC(C)(CC1CCC(Nc2ccc(NC(=O)c3nc(-c4ccccc4)oc3C(F)(F)F)cc2)CC1)OC(N)=O. The number of halogens is 3. The molecule has 3 aromatic rings. The van der Waals surface area contributed by atoms with Gasteiger partial charge < -0.3 is 25.5 Å². The number of carbonyl (C=O) groups is 2. The lowest BCUT2D eigenvalue weighted by molar-refractivity contribution is -0.153. The molecule has 4 N–H and O–H groups in total. The fourth-order valence-corrected chi connectivity index (χ4v) is 4.97. The predicted molar refractivity (Wildman–Crippen MR) is 140 cm³/mol. The van der Waals surface area contributed by atoms with E-state index in [0.29, 0.717) is 17.2 Å². The second-order valence-corrected chi connectivity index (χ2v) is 10.3. The van der Waals surface area contributed by atoms with Crippen molar-refractivity contribution in [3.63, 3.8) is 0 Å². The summed E-state index contributed by atoms with van der Waals surface area (Å²) in [5, 5.41) is 5.94. The van der Waals surface area contributed by atoms with Crippen molar-refractivity contribution in [1.82, 2.24) is 4.98 Å². The minimum Gasteiger partial charge on any atom is -0.444 e. The number of nitrogens with one attached hydrogen (secondary N) is 2. The van der Waals surface area contributed by atoms with E-state index in [2.05, 4.69) is 15.6 Å². The number of hydrogen-bond donors (Lipinski definition) is 3. The first-order valence-electron chi connectivity index (χ1n) is 12.7. The average Bonchev–Trinajstić information content (AvgIpc) is 3.33. The van der Waals surface area contributed by atoms with Gasteiger partial charge in [0.15, 0.2) is 5.69 Å². The van der Waals surface area contributed by atoms with E-state index >= 15 is 0 Å². The van der Waals surface area contributed by atoms with E-state index < -0.39 is 35.2 Å². The van der Waals surface area contributed by atoms with E-state index in [9.17, 15) is 22.8 Å². The monoisotopic (exact) mass is 544 g/mol. The maximum absolute atomic E-state index is 13.6. The maximum Gasteiger partial charge on any atom is 0.452 e. The quantitative estimate of drug-likeness (QED) is 0.285. The van der Waals surface area contributed by atoms with Gasteiger partial charge in [-0.2, -0.15) is 13.2 Å². The van der Waals surface area contributed by atoms with Crippen LogP contribution in [0.1, 0.15) is 62.2 Å². The van der Waals surface area contributed by atoms with Crippen molar-refractivity contribution in [1.29, 1.82) is 0 Å². The molecule has 208 valence electrons. The topological polar surface area (TPSA) is 119 Å². The van der Waals surface area contributed by atoms with Gasteiger partial charge in [-0.25, -0.2) is 9.78 Å². The number of benzene rings is 2. The van der Waals surface area contributed by atoms with Gasteiger partial charge in [0.2, 0.25) is 11.7 Å². The highest BCUT2D eigenvalue weighted by Gasteiger charge is 2.42. The molecule has 0 spiro atoms. The third-order valence-corrected chi connectivity index (χ3v) is 6.64. The third-order valence-electron chi connectivity index (χ3n) is 6.64. The summed E-state index contributed by atoms with van der Waals surface area (Å²) in [6.07, 6.45) is -1.09. The molecule has 1 heterocycles. The molecule has 2 amide bonds. The number of primary amides is 1. The van der Waals surface area contributed by atoms with Crippen molar-refractivity contribution in [2.45, 2.75) is 63.8 Å². The van der Waals surface area contributed by atoms with Gasteiger partial charge in [-0.15, -0.1) is 0 Å². The first-order valence-corrected chi connectivity index (χ1v) is 12.7. The molecule has 4 rings (SSSR count). The Morgan fingerprint density at radius 1 is 1.00 bits per heavy atom. The maximum atomic E-state index is 13.6. The fourth-order valence-electron chi connectivity index (χ4n) is 4.97. The number of nitrogens with zero attached hydrogens (tertiary/aromatic N) is 1. The van der Waals surface area contributed by atoms with Crippen LogP contribution in [0.3, 0.4) is 0 Å². The van der Waals surface area contributed by atoms with Crippen LogP contribution in [0, 0.1) is 5.92 Å². The van der Waals surface area contributed by atoms with Gasteiger partial charge in [0.1, 0.15) is 5.60 Å². The highest BCUT2D eigenvalue weighted by Crippen LogP contribution is 2.36. The Hall–Kier alpha value is -4.02. The number of rotatable bonds is 8. The Morgan fingerprint density at radius 3 is 2.21 bits per heavy atom. The molecule has 1 fully saturated rings. The summed E-state index contributed by atoms with van der Waals surface area (Å²) in [4.78, 5) is 27.7. The molecule has 1 aromatic heterocycles. The number of hydrogen-bond acceptors (Lipinski definition) is 6. The van der Waals surface area contributed by atoms with Gasteiger partial charge >= 0.3 is 12.3 Å². The number of alkyl halides is 3. The van der Waals surface area contributed by atoms with Crippen LogP contribution >= 0.6 is 0 Å². The van der Waals surface area contributed by atoms with E-state index in [1.54, 1.807) is 54.6 Å². The molecule has 0 aliphatic heterocycles. The molecule has 0 unspecified atom stereocenters. The van der Waals surface area contributed by atoms with E-state index in [1.165, 1.54) is 0 Å². The Balaban J connectivity index is 1.34. The number of aromatic nitrogens is 1. The van der Waals surface area contributed by atoms with Crippen molar-refractivity contribution in [2.24, 2.45) is 11.7 Å².